The first-order chi connectivity index (χ1) is 7.78. The predicted octanol–water partition coefficient (Wildman–Crippen LogP) is 1.62. The van der Waals surface area contributed by atoms with Crippen molar-refractivity contribution in [1.29, 1.82) is 0 Å². The van der Waals surface area contributed by atoms with E-state index in [0.717, 1.165) is 0 Å². The van der Waals surface area contributed by atoms with Crippen molar-refractivity contribution in [2.45, 2.75) is 33.2 Å². The van der Waals surface area contributed by atoms with E-state index in [-0.39, 0.29) is 11.4 Å². The van der Waals surface area contributed by atoms with Gasteiger partial charge in [0.15, 0.2) is 5.82 Å². The molecule has 1 heterocycles. The van der Waals surface area contributed by atoms with Gasteiger partial charge < -0.3 is 10.4 Å². The van der Waals surface area contributed by atoms with Crippen LogP contribution in [0.25, 0.3) is 0 Å². The lowest BCUT2D eigenvalue weighted by molar-refractivity contribution is 0.0696. The molecule has 0 aromatic carbocycles. The fourth-order valence-corrected chi connectivity index (χ4v) is 1.29. The first-order valence-corrected chi connectivity index (χ1v) is 5.11. The summed E-state index contributed by atoms with van der Waals surface area (Å²) >= 11 is 0. The van der Waals surface area contributed by atoms with Gasteiger partial charge in [-0.1, -0.05) is 5.92 Å². The van der Waals surface area contributed by atoms with Crippen LogP contribution in [0.4, 0.5) is 5.82 Å². The van der Waals surface area contributed by atoms with Crippen LogP contribution in [-0.4, -0.2) is 26.8 Å². The molecule has 0 radical (unpaired) electrons. The van der Waals surface area contributed by atoms with Crippen molar-refractivity contribution in [3.63, 3.8) is 0 Å². The Morgan fingerprint density at radius 1 is 1.41 bits per heavy atom. The molecule has 5 heteroatoms. The zero-order chi connectivity index (χ0) is 13.2. The number of aromatic carboxylic acids is 1. The van der Waals surface area contributed by atoms with Crippen LogP contribution in [0.1, 0.15) is 35.5 Å². The molecule has 0 spiro atoms. The van der Waals surface area contributed by atoms with Crippen molar-refractivity contribution >= 4 is 11.8 Å². The quantitative estimate of drug-likeness (QED) is 0.776. The van der Waals surface area contributed by atoms with Gasteiger partial charge >= 0.3 is 5.97 Å². The molecule has 1 rings (SSSR count). The van der Waals surface area contributed by atoms with Crippen molar-refractivity contribution in [3.8, 4) is 12.3 Å². The molecule has 0 aliphatic rings. The number of carboxylic acids is 1. The predicted molar refractivity (Wildman–Crippen MR) is 65.0 cm³/mol. The highest BCUT2D eigenvalue weighted by molar-refractivity contribution is 5.95. The Kier molecular flexibility index (Phi) is 3.37. The minimum absolute atomic E-state index is 0.112. The molecule has 5 nitrogen and oxygen atoms in total. The summed E-state index contributed by atoms with van der Waals surface area (Å²) in [6.45, 7) is 6.93. The third-order valence-corrected chi connectivity index (χ3v) is 2.46. The number of hydrogen-bond acceptors (Lipinski definition) is 4. The SMILES string of the molecule is C#CC(C)(C)Nc1nnc(C)c(C)c1C(=O)O. The Labute approximate surface area is 100 Å². The summed E-state index contributed by atoms with van der Waals surface area (Å²) in [5.74, 6) is 1.67. The molecule has 0 amide bonds. The second-order valence-corrected chi connectivity index (χ2v) is 4.33. The highest BCUT2D eigenvalue weighted by atomic mass is 16.4. The van der Waals surface area contributed by atoms with Crippen LogP contribution in [-0.2, 0) is 0 Å². The number of anilines is 1. The van der Waals surface area contributed by atoms with Gasteiger partial charge in [0.2, 0.25) is 0 Å². The monoisotopic (exact) mass is 233 g/mol. The average Bonchev–Trinajstić information content (AvgIpc) is 2.23. The van der Waals surface area contributed by atoms with Crippen LogP contribution in [0.3, 0.4) is 0 Å². The standard InChI is InChI=1S/C12H15N3O2/c1-6-12(4,5)13-10-9(11(16)17)7(2)8(3)14-15-10/h1H,2-5H3,(H,13,15)(H,16,17). The average molecular weight is 233 g/mol. The maximum atomic E-state index is 11.2. The summed E-state index contributed by atoms with van der Waals surface area (Å²) in [7, 11) is 0. The van der Waals surface area contributed by atoms with E-state index in [1.165, 1.54) is 0 Å². The van der Waals surface area contributed by atoms with Crippen molar-refractivity contribution in [3.05, 3.63) is 16.8 Å². The summed E-state index contributed by atoms with van der Waals surface area (Å²) in [6.07, 6.45) is 5.34. The Morgan fingerprint density at radius 2 is 2.00 bits per heavy atom. The van der Waals surface area contributed by atoms with E-state index in [0.29, 0.717) is 11.3 Å². The molecule has 0 bridgehead atoms. The Hall–Kier alpha value is -2.09. The van der Waals surface area contributed by atoms with Gasteiger partial charge in [-0.05, 0) is 33.3 Å². The number of hydrogen-bond donors (Lipinski definition) is 2. The van der Waals surface area contributed by atoms with E-state index >= 15 is 0 Å². The fourth-order valence-electron chi connectivity index (χ4n) is 1.29. The van der Waals surface area contributed by atoms with Crippen LogP contribution < -0.4 is 5.32 Å². The minimum Gasteiger partial charge on any atom is -0.478 e. The third-order valence-electron chi connectivity index (χ3n) is 2.46. The topological polar surface area (TPSA) is 75.1 Å². The lowest BCUT2D eigenvalue weighted by atomic mass is 10.0. The molecule has 90 valence electrons. The molecule has 0 saturated heterocycles. The van der Waals surface area contributed by atoms with E-state index in [9.17, 15) is 9.90 Å². The molecule has 0 saturated carbocycles. The second-order valence-electron chi connectivity index (χ2n) is 4.33. The molecule has 1 aromatic rings. The van der Waals surface area contributed by atoms with Gasteiger partial charge in [0.05, 0.1) is 11.2 Å². The van der Waals surface area contributed by atoms with Crippen molar-refractivity contribution in [1.82, 2.24) is 10.2 Å². The minimum atomic E-state index is -1.05. The van der Waals surface area contributed by atoms with E-state index < -0.39 is 11.5 Å². The van der Waals surface area contributed by atoms with Gasteiger partial charge in [0.25, 0.3) is 0 Å². The highest BCUT2D eigenvalue weighted by Crippen LogP contribution is 2.21. The molecular weight excluding hydrogens is 218 g/mol. The van der Waals surface area contributed by atoms with Crippen molar-refractivity contribution in [2.24, 2.45) is 0 Å². The number of carbonyl (C=O) groups is 1. The van der Waals surface area contributed by atoms with Gasteiger partial charge in [0.1, 0.15) is 5.56 Å². The van der Waals surface area contributed by atoms with Crippen LogP contribution >= 0.6 is 0 Å². The molecule has 1 aromatic heterocycles. The number of rotatable bonds is 3. The third kappa shape index (κ3) is 2.72. The molecule has 0 unspecified atom stereocenters. The number of aromatic nitrogens is 2. The summed E-state index contributed by atoms with van der Waals surface area (Å²) in [5, 5.41) is 19.8. The van der Waals surface area contributed by atoms with Crippen LogP contribution in [0.2, 0.25) is 0 Å². The normalized spacial score (nSPS) is 10.8. The summed E-state index contributed by atoms with van der Waals surface area (Å²) in [6, 6.07) is 0. The number of aryl methyl sites for hydroxylation is 1. The van der Waals surface area contributed by atoms with Crippen molar-refractivity contribution < 1.29 is 9.90 Å². The molecule has 0 aliphatic carbocycles. The lowest BCUT2D eigenvalue weighted by Crippen LogP contribution is -2.30. The van der Waals surface area contributed by atoms with E-state index in [1.54, 1.807) is 27.7 Å². The van der Waals surface area contributed by atoms with Crippen LogP contribution in [0, 0.1) is 26.2 Å². The first kappa shape index (κ1) is 13.0. The summed E-state index contributed by atoms with van der Waals surface area (Å²) in [5.41, 5.74) is 0.607. The molecule has 0 fully saturated rings. The first-order valence-electron chi connectivity index (χ1n) is 5.11. The van der Waals surface area contributed by atoms with Gasteiger partial charge in [-0.3, -0.25) is 0 Å². The van der Waals surface area contributed by atoms with E-state index in [1.807, 2.05) is 0 Å². The second kappa shape index (κ2) is 4.42. The Bertz CT molecular complexity index is 501. The number of carboxylic acid groups (broad SMARTS) is 1. The van der Waals surface area contributed by atoms with Gasteiger partial charge in [0, 0.05) is 0 Å². The van der Waals surface area contributed by atoms with Crippen LogP contribution in [0.15, 0.2) is 0 Å². The summed E-state index contributed by atoms with van der Waals surface area (Å²) < 4.78 is 0. The molecule has 2 N–H and O–H groups in total. The number of nitrogens with zero attached hydrogens (tertiary/aromatic N) is 2. The Balaban J connectivity index is 3.31. The molecule has 0 aliphatic heterocycles. The molecular formula is C12H15N3O2. The van der Waals surface area contributed by atoms with Gasteiger partial charge in [-0.15, -0.1) is 11.5 Å². The van der Waals surface area contributed by atoms with Gasteiger partial charge in [-0.25, -0.2) is 4.79 Å². The zero-order valence-electron chi connectivity index (χ0n) is 10.3. The lowest BCUT2D eigenvalue weighted by Gasteiger charge is -2.21. The molecule has 0 atom stereocenters. The zero-order valence-corrected chi connectivity index (χ0v) is 10.3. The summed E-state index contributed by atoms with van der Waals surface area (Å²) in [4.78, 5) is 11.2. The molecule has 17 heavy (non-hydrogen) atoms. The van der Waals surface area contributed by atoms with Gasteiger partial charge in [-0.2, -0.15) is 5.10 Å². The van der Waals surface area contributed by atoms with E-state index in [2.05, 4.69) is 21.4 Å². The maximum Gasteiger partial charge on any atom is 0.339 e. The van der Waals surface area contributed by atoms with Crippen molar-refractivity contribution in [2.75, 3.05) is 5.32 Å². The smallest absolute Gasteiger partial charge is 0.339 e. The highest BCUT2D eigenvalue weighted by Gasteiger charge is 2.22. The number of nitrogens with one attached hydrogen (secondary N) is 1. The Morgan fingerprint density at radius 3 is 2.47 bits per heavy atom. The fraction of sp³-hybridized carbons (Fsp3) is 0.417. The maximum absolute atomic E-state index is 11.2. The largest absolute Gasteiger partial charge is 0.478 e. The van der Waals surface area contributed by atoms with Crippen LogP contribution in [0.5, 0.6) is 0 Å². The number of terminal acetylenes is 1. The van der Waals surface area contributed by atoms with E-state index in [4.69, 9.17) is 6.42 Å².